The maximum absolute atomic E-state index is 11.6. The van der Waals surface area contributed by atoms with E-state index in [4.69, 9.17) is 0 Å². The van der Waals surface area contributed by atoms with Crippen molar-refractivity contribution in [2.75, 3.05) is 13.2 Å². The molecule has 3 N–H and O–H groups in total. The lowest BCUT2D eigenvalue weighted by Crippen LogP contribution is -2.56. The van der Waals surface area contributed by atoms with Gasteiger partial charge in [0.15, 0.2) is 0 Å². The highest BCUT2D eigenvalue weighted by molar-refractivity contribution is 5.74. The second-order valence-electron chi connectivity index (χ2n) is 12.1. The summed E-state index contributed by atoms with van der Waals surface area (Å²) in [6.07, 6.45) is 14.9. The lowest BCUT2D eigenvalue weighted by Gasteiger charge is -2.54. The van der Waals surface area contributed by atoms with Crippen LogP contribution in [0.25, 0.3) is 0 Å². The highest BCUT2D eigenvalue weighted by Crippen LogP contribution is 2.55. The maximum Gasteiger partial charge on any atom is 0.145 e. The van der Waals surface area contributed by atoms with Gasteiger partial charge < -0.3 is 15.3 Å². The van der Waals surface area contributed by atoms with Crippen LogP contribution in [-0.2, 0) is 4.79 Å². The standard InChI is InChI=1S/C31H50O4/c1-22(12-15-27-23(2)13-14-25(4)29(27,5)6)10-8-17-31(21-34)28(11-9-19-32)26(24(3)20-33)16-18-30(31,7)35/h10,12-13,15,20,25,27-28,32,34-35H,8-9,11,14,16-19,21H2,1-7H3/b15-12+,22-10+,26-24-/t25-,27?,28+,30-,31+/m0/s1. The zero-order valence-corrected chi connectivity index (χ0v) is 23.2. The quantitative estimate of drug-likeness (QED) is 0.146. The van der Waals surface area contributed by atoms with Gasteiger partial charge in [-0.15, -0.1) is 0 Å². The highest BCUT2D eigenvalue weighted by atomic mass is 16.3. The van der Waals surface area contributed by atoms with Gasteiger partial charge in [0.05, 0.1) is 12.2 Å². The van der Waals surface area contributed by atoms with Crippen LogP contribution in [0.2, 0.25) is 0 Å². The van der Waals surface area contributed by atoms with Gasteiger partial charge in [0.2, 0.25) is 0 Å². The van der Waals surface area contributed by atoms with Crippen molar-refractivity contribution in [2.45, 2.75) is 99.0 Å². The summed E-state index contributed by atoms with van der Waals surface area (Å²) < 4.78 is 0. The van der Waals surface area contributed by atoms with Gasteiger partial charge in [0, 0.05) is 17.9 Å². The smallest absolute Gasteiger partial charge is 0.145 e. The zero-order valence-electron chi connectivity index (χ0n) is 23.2. The van der Waals surface area contributed by atoms with Crippen molar-refractivity contribution < 1.29 is 20.1 Å². The number of hydrogen-bond donors (Lipinski definition) is 3. The first-order chi connectivity index (χ1) is 16.4. The van der Waals surface area contributed by atoms with Gasteiger partial charge in [-0.3, -0.25) is 4.79 Å². The fraction of sp³-hybridized carbons (Fsp3) is 0.710. The van der Waals surface area contributed by atoms with Crippen molar-refractivity contribution in [1.82, 2.24) is 0 Å². The molecule has 1 fully saturated rings. The van der Waals surface area contributed by atoms with E-state index in [9.17, 15) is 20.1 Å². The third-order valence-electron chi connectivity index (χ3n) is 9.62. The molecule has 0 aromatic carbocycles. The van der Waals surface area contributed by atoms with Crippen LogP contribution in [0.3, 0.4) is 0 Å². The summed E-state index contributed by atoms with van der Waals surface area (Å²) in [5.74, 6) is 0.922. The van der Waals surface area contributed by atoms with Crippen LogP contribution in [0, 0.1) is 28.6 Å². The average Bonchev–Trinajstić information content (AvgIpc) is 2.80. The predicted octanol–water partition coefficient (Wildman–Crippen LogP) is 6.33. The molecule has 5 atom stereocenters. The molecule has 0 saturated heterocycles. The van der Waals surface area contributed by atoms with Crippen molar-refractivity contribution in [3.63, 3.8) is 0 Å². The summed E-state index contributed by atoms with van der Waals surface area (Å²) in [5.41, 5.74) is 2.77. The minimum atomic E-state index is -1.05. The molecule has 0 spiro atoms. The molecule has 198 valence electrons. The molecule has 4 nitrogen and oxygen atoms in total. The number of carbonyl (C=O) groups is 1. The van der Waals surface area contributed by atoms with E-state index in [-0.39, 0.29) is 24.5 Å². The fourth-order valence-electron chi connectivity index (χ4n) is 6.57. The van der Waals surface area contributed by atoms with Crippen LogP contribution < -0.4 is 0 Å². The van der Waals surface area contributed by atoms with Gasteiger partial charge in [-0.05, 0) is 95.5 Å². The second-order valence-corrected chi connectivity index (χ2v) is 12.1. The molecule has 0 aromatic rings. The molecule has 0 aromatic heterocycles. The van der Waals surface area contributed by atoms with Crippen LogP contribution in [-0.4, -0.2) is 40.4 Å². The van der Waals surface area contributed by atoms with Gasteiger partial charge >= 0.3 is 0 Å². The molecule has 2 aliphatic carbocycles. The fourth-order valence-corrected chi connectivity index (χ4v) is 6.57. The van der Waals surface area contributed by atoms with E-state index in [1.807, 2.05) is 13.8 Å². The Kier molecular flexibility index (Phi) is 10.3. The van der Waals surface area contributed by atoms with Crippen LogP contribution in [0.15, 0.2) is 46.6 Å². The molecule has 0 radical (unpaired) electrons. The molecular formula is C31H50O4. The first kappa shape index (κ1) is 29.7. The number of allylic oxidation sites excluding steroid dienone is 8. The Morgan fingerprint density at radius 1 is 1.20 bits per heavy atom. The average molecular weight is 487 g/mol. The summed E-state index contributed by atoms with van der Waals surface area (Å²) in [6.45, 7) is 15.0. The number of aliphatic hydroxyl groups is 3. The maximum atomic E-state index is 11.6. The largest absolute Gasteiger partial charge is 0.396 e. The Labute approximate surface area is 213 Å². The summed E-state index contributed by atoms with van der Waals surface area (Å²) in [4.78, 5) is 11.6. The predicted molar refractivity (Wildman–Crippen MR) is 145 cm³/mol. The number of hydrogen-bond acceptors (Lipinski definition) is 4. The van der Waals surface area contributed by atoms with E-state index in [1.54, 1.807) is 0 Å². The van der Waals surface area contributed by atoms with Crippen molar-refractivity contribution in [1.29, 1.82) is 0 Å². The molecular weight excluding hydrogens is 436 g/mol. The Balaban J connectivity index is 2.28. The van der Waals surface area contributed by atoms with Gasteiger partial charge in [-0.2, -0.15) is 0 Å². The minimum Gasteiger partial charge on any atom is -0.396 e. The zero-order chi connectivity index (χ0) is 26.4. The number of carbonyl (C=O) groups excluding carboxylic acids is 1. The molecule has 35 heavy (non-hydrogen) atoms. The molecule has 0 heterocycles. The topological polar surface area (TPSA) is 77.8 Å². The third-order valence-corrected chi connectivity index (χ3v) is 9.62. The summed E-state index contributed by atoms with van der Waals surface area (Å²) in [7, 11) is 0. The summed E-state index contributed by atoms with van der Waals surface area (Å²) in [6, 6.07) is 0. The summed E-state index contributed by atoms with van der Waals surface area (Å²) in [5, 5.41) is 31.7. The molecule has 1 saturated carbocycles. The normalized spacial score (nSPS) is 35.2. The van der Waals surface area contributed by atoms with E-state index in [2.05, 4.69) is 58.9 Å². The van der Waals surface area contributed by atoms with Gasteiger partial charge in [-0.25, -0.2) is 0 Å². The Bertz CT molecular complexity index is 857. The first-order valence-electron chi connectivity index (χ1n) is 13.5. The van der Waals surface area contributed by atoms with Crippen molar-refractivity contribution in [3.8, 4) is 0 Å². The number of aldehydes is 1. The van der Waals surface area contributed by atoms with Crippen LogP contribution in [0.1, 0.15) is 93.4 Å². The number of rotatable bonds is 10. The second kappa shape index (κ2) is 12.2. The number of aliphatic hydroxyl groups excluding tert-OH is 2. The van der Waals surface area contributed by atoms with Crippen molar-refractivity contribution in [3.05, 3.63) is 46.6 Å². The first-order valence-corrected chi connectivity index (χ1v) is 13.5. The SMILES string of the molecule is CC1=CC[C@H](C)C(C)(C)C1/C=C/C(C)=C/CC[C@@]1(CO)[C@H](CCCO)/C(=C(/C)C=O)CC[C@]1(C)O. The molecule has 1 unspecified atom stereocenters. The monoisotopic (exact) mass is 486 g/mol. The van der Waals surface area contributed by atoms with Crippen molar-refractivity contribution in [2.24, 2.45) is 28.6 Å². The van der Waals surface area contributed by atoms with E-state index in [1.165, 1.54) is 11.1 Å². The summed E-state index contributed by atoms with van der Waals surface area (Å²) >= 11 is 0. The molecule has 4 heteroatoms. The Morgan fingerprint density at radius 2 is 1.89 bits per heavy atom. The minimum absolute atomic E-state index is 0.0569. The van der Waals surface area contributed by atoms with E-state index < -0.39 is 11.0 Å². The van der Waals surface area contributed by atoms with Crippen LogP contribution in [0.5, 0.6) is 0 Å². The molecule has 2 rings (SSSR count). The van der Waals surface area contributed by atoms with Gasteiger partial charge in [0.1, 0.15) is 6.29 Å². The van der Waals surface area contributed by atoms with Crippen LogP contribution >= 0.6 is 0 Å². The highest BCUT2D eigenvalue weighted by Gasteiger charge is 2.55. The van der Waals surface area contributed by atoms with Gasteiger partial charge in [-0.1, -0.05) is 61.8 Å². The van der Waals surface area contributed by atoms with E-state index >= 15 is 0 Å². The van der Waals surface area contributed by atoms with E-state index in [0.717, 1.165) is 24.7 Å². The third kappa shape index (κ3) is 6.26. The van der Waals surface area contributed by atoms with E-state index in [0.29, 0.717) is 49.5 Å². The van der Waals surface area contributed by atoms with Gasteiger partial charge in [0.25, 0.3) is 0 Å². The Hall–Kier alpha value is -1.49. The van der Waals surface area contributed by atoms with Crippen LogP contribution in [0.4, 0.5) is 0 Å². The Morgan fingerprint density at radius 3 is 2.49 bits per heavy atom. The van der Waals surface area contributed by atoms with Crippen molar-refractivity contribution >= 4 is 6.29 Å². The lowest BCUT2D eigenvalue weighted by molar-refractivity contribution is -0.146. The molecule has 0 amide bonds. The molecule has 2 aliphatic rings. The molecule has 0 bridgehead atoms. The molecule has 0 aliphatic heterocycles. The lowest BCUT2D eigenvalue weighted by atomic mass is 9.53.